The zero-order valence-electron chi connectivity index (χ0n) is 32.4. The molecule has 9 nitrogen and oxygen atoms in total. The van der Waals surface area contributed by atoms with Gasteiger partial charge in [0.1, 0.15) is 12.8 Å². The van der Waals surface area contributed by atoms with Crippen LogP contribution in [-0.2, 0) is 21.4 Å². The first-order valence-electron chi connectivity index (χ1n) is 20.2. The Labute approximate surface area is 320 Å². The Kier molecular flexibility index (Phi) is 13.6. The molecule has 4 heterocycles. The average molecular weight is 744 g/mol. The smallest absolute Gasteiger partial charge is 0.262 e. The van der Waals surface area contributed by atoms with Gasteiger partial charge in [0.05, 0.1) is 29.6 Å². The number of piperidine rings is 2. The Balaban J connectivity index is 1.06. The van der Waals surface area contributed by atoms with Gasteiger partial charge in [-0.1, -0.05) is 77.6 Å². The van der Waals surface area contributed by atoms with Crippen LogP contribution in [0.2, 0.25) is 0 Å². The zero-order valence-corrected chi connectivity index (χ0v) is 33.2. The lowest BCUT2D eigenvalue weighted by atomic mass is 9.72. The van der Waals surface area contributed by atoms with E-state index in [0.29, 0.717) is 42.7 Å². The number of nitrogens with one attached hydrogen (secondary N) is 1. The number of anilines is 1. The van der Waals surface area contributed by atoms with Crippen LogP contribution in [0.3, 0.4) is 0 Å². The number of aromatic nitrogens is 2. The number of ether oxygens (including phenoxy) is 1. The van der Waals surface area contributed by atoms with Gasteiger partial charge in [-0.25, -0.2) is 9.97 Å². The number of aliphatic hydroxyl groups excluding tert-OH is 1. The van der Waals surface area contributed by atoms with Crippen molar-refractivity contribution in [1.82, 2.24) is 20.2 Å². The molecule has 0 unspecified atom stereocenters. The van der Waals surface area contributed by atoms with Crippen molar-refractivity contribution in [1.29, 1.82) is 0 Å². The fourth-order valence-electron chi connectivity index (χ4n) is 8.70. The maximum Gasteiger partial charge on any atom is 0.262 e. The summed E-state index contributed by atoms with van der Waals surface area (Å²) in [6.07, 6.45) is 16.9. The van der Waals surface area contributed by atoms with Crippen molar-refractivity contribution in [2.75, 3.05) is 44.5 Å². The Morgan fingerprint density at radius 1 is 0.887 bits per heavy atom. The molecule has 1 atom stereocenters. The van der Waals surface area contributed by atoms with E-state index < -0.39 is 6.04 Å². The number of nitrogens with zero attached hydrogens (tertiary/aromatic N) is 4. The molecule has 3 aliphatic rings. The van der Waals surface area contributed by atoms with Crippen molar-refractivity contribution in [3.8, 4) is 11.4 Å². The zero-order chi connectivity index (χ0) is 37.4. The van der Waals surface area contributed by atoms with E-state index in [2.05, 4.69) is 37.9 Å². The first-order chi connectivity index (χ1) is 25.6. The van der Waals surface area contributed by atoms with Crippen LogP contribution >= 0.6 is 11.3 Å². The van der Waals surface area contributed by atoms with Crippen LogP contribution in [0.1, 0.15) is 112 Å². The van der Waals surface area contributed by atoms with Gasteiger partial charge in [0.15, 0.2) is 5.82 Å². The van der Waals surface area contributed by atoms with Gasteiger partial charge in [-0.15, -0.1) is 11.3 Å². The molecule has 1 aromatic carbocycles. The van der Waals surface area contributed by atoms with E-state index in [-0.39, 0.29) is 24.0 Å². The number of carbonyl (C=O) groups is 2. The van der Waals surface area contributed by atoms with Crippen molar-refractivity contribution >= 4 is 28.8 Å². The summed E-state index contributed by atoms with van der Waals surface area (Å²) < 4.78 is 5.21. The van der Waals surface area contributed by atoms with Crippen molar-refractivity contribution < 1.29 is 19.4 Å². The van der Waals surface area contributed by atoms with Gasteiger partial charge >= 0.3 is 0 Å². The highest BCUT2D eigenvalue weighted by Gasteiger charge is 2.32. The number of aliphatic hydroxyl groups is 1. The minimum absolute atomic E-state index is 0.0574. The van der Waals surface area contributed by atoms with Gasteiger partial charge in [0.25, 0.3) is 5.91 Å². The number of thiophene rings is 1. The summed E-state index contributed by atoms with van der Waals surface area (Å²) in [5, 5.41) is 12.1. The molecular formula is C43H61N5O4S. The molecule has 1 saturated carbocycles. The highest BCUT2D eigenvalue weighted by molar-refractivity contribution is 7.14. The number of hydrogen-bond donors (Lipinski definition) is 2. The largest absolute Gasteiger partial charge is 0.371 e. The third-order valence-electron chi connectivity index (χ3n) is 12.0. The van der Waals surface area contributed by atoms with E-state index in [9.17, 15) is 9.59 Å². The highest BCUT2D eigenvalue weighted by Crippen LogP contribution is 2.40. The van der Waals surface area contributed by atoms with Crippen LogP contribution in [0.4, 0.5) is 5.69 Å². The number of rotatable bonds is 13. The van der Waals surface area contributed by atoms with Crippen molar-refractivity contribution in [3.63, 3.8) is 0 Å². The van der Waals surface area contributed by atoms with Gasteiger partial charge in [0, 0.05) is 43.0 Å². The molecule has 288 valence electrons. The highest BCUT2D eigenvalue weighted by atomic mass is 32.1. The number of benzene rings is 1. The molecule has 1 aliphatic carbocycles. The molecule has 0 spiro atoms. The van der Waals surface area contributed by atoms with E-state index >= 15 is 0 Å². The van der Waals surface area contributed by atoms with Crippen LogP contribution < -0.4 is 10.2 Å². The lowest BCUT2D eigenvalue weighted by Gasteiger charge is -2.39. The van der Waals surface area contributed by atoms with Gasteiger partial charge in [-0.2, -0.15) is 0 Å². The van der Waals surface area contributed by atoms with Gasteiger partial charge in [-0.05, 0) is 85.3 Å². The molecule has 2 aliphatic heterocycles. The molecule has 6 rings (SSSR count). The molecule has 2 N–H and O–H groups in total. The van der Waals surface area contributed by atoms with Crippen LogP contribution in [0.15, 0.2) is 48.8 Å². The number of carbonyl (C=O) groups excluding carboxylic acids is 2. The summed E-state index contributed by atoms with van der Waals surface area (Å²) in [6, 6.07) is 11.2. The predicted octanol–water partition coefficient (Wildman–Crippen LogP) is 7.87. The van der Waals surface area contributed by atoms with Crippen LogP contribution in [0.5, 0.6) is 0 Å². The van der Waals surface area contributed by atoms with Crippen molar-refractivity contribution in [2.45, 2.75) is 110 Å². The van der Waals surface area contributed by atoms with Gasteiger partial charge in [0.2, 0.25) is 5.91 Å². The maximum atomic E-state index is 14.0. The van der Waals surface area contributed by atoms with Gasteiger partial charge in [-0.3, -0.25) is 9.59 Å². The number of likely N-dealkylation sites (tertiary alicyclic amines) is 1. The molecule has 2 saturated heterocycles. The average Bonchev–Trinajstić information content (AvgIpc) is 3.70. The Bertz CT molecular complexity index is 1600. The third-order valence-corrected chi connectivity index (χ3v) is 13.5. The van der Waals surface area contributed by atoms with Crippen LogP contribution in [0, 0.1) is 23.7 Å². The Morgan fingerprint density at radius 2 is 1.55 bits per heavy atom. The summed E-state index contributed by atoms with van der Waals surface area (Å²) in [6.45, 7) is 12.3. The fraction of sp³-hybridized carbons (Fsp3) is 0.628. The molecular weight excluding hydrogens is 683 g/mol. The number of hydrogen-bond acceptors (Lipinski definition) is 8. The number of amides is 2. The predicted molar refractivity (Wildman–Crippen MR) is 213 cm³/mol. The van der Waals surface area contributed by atoms with E-state index in [1.54, 1.807) is 0 Å². The summed E-state index contributed by atoms with van der Waals surface area (Å²) in [7, 11) is 0. The molecule has 0 radical (unpaired) electrons. The van der Waals surface area contributed by atoms with Crippen molar-refractivity contribution in [2.24, 2.45) is 23.7 Å². The Morgan fingerprint density at radius 3 is 2.15 bits per heavy atom. The second kappa shape index (κ2) is 18.3. The topological polar surface area (TPSA) is 108 Å². The minimum Gasteiger partial charge on any atom is -0.371 e. The van der Waals surface area contributed by atoms with E-state index in [1.807, 2.05) is 53.7 Å². The molecule has 2 aromatic heterocycles. The maximum absolute atomic E-state index is 14.0. The SMILES string of the molecule is CCCC1CCC(C2CCN(c3cnc(-c4ccc(C[C@H](NC(=O)c5ccc(C(C)(C)C)s5)C(=O)N5CCC(COCO)CC5)cc4)nc3)CC2)CC1. The normalized spacial score (nSPS) is 21.1. The van der Waals surface area contributed by atoms with E-state index in [0.717, 1.165) is 65.4 Å². The second-order valence-corrected chi connectivity index (χ2v) is 17.9. The summed E-state index contributed by atoms with van der Waals surface area (Å²) >= 11 is 1.48. The third kappa shape index (κ3) is 10.5. The fourth-order valence-corrected chi connectivity index (χ4v) is 9.66. The monoisotopic (exact) mass is 743 g/mol. The summed E-state index contributed by atoms with van der Waals surface area (Å²) in [5.41, 5.74) is 2.92. The molecule has 0 bridgehead atoms. The Hall–Kier alpha value is -3.34. The van der Waals surface area contributed by atoms with E-state index in [1.165, 1.54) is 62.7 Å². The lowest BCUT2D eigenvalue weighted by Crippen LogP contribution is -2.51. The first kappa shape index (κ1) is 39.4. The first-order valence-corrected chi connectivity index (χ1v) is 21.0. The molecule has 3 aromatic rings. The standard InChI is InChI=1S/C43H61N5O4S/c1-5-6-30-7-11-33(12-8-30)34-19-23-47(24-20-34)36-26-44-40(45-27-36)35-13-9-31(10-14-35)25-37(42(51)48-21-17-32(18-22-48)28-52-29-49)46-41(50)38-15-16-39(53-38)43(2,3)4/h9-10,13-16,26-27,30,32-34,37,49H,5-8,11-12,17-25,28-29H2,1-4H3,(H,46,50)/t30?,33?,37-/m0/s1. The van der Waals surface area contributed by atoms with Crippen LogP contribution in [0.25, 0.3) is 11.4 Å². The van der Waals surface area contributed by atoms with Crippen LogP contribution in [-0.4, -0.2) is 77.4 Å². The molecule has 10 heteroatoms. The minimum atomic E-state index is -0.699. The quantitative estimate of drug-likeness (QED) is 0.172. The molecule has 53 heavy (non-hydrogen) atoms. The summed E-state index contributed by atoms with van der Waals surface area (Å²) in [4.78, 5) is 43.0. The van der Waals surface area contributed by atoms with Gasteiger partial charge < -0.3 is 25.0 Å². The molecule has 3 fully saturated rings. The summed E-state index contributed by atoms with van der Waals surface area (Å²) in [5.74, 6) is 3.43. The molecule has 2 amide bonds. The van der Waals surface area contributed by atoms with E-state index in [4.69, 9.17) is 19.8 Å². The second-order valence-electron chi connectivity index (χ2n) is 16.8. The lowest BCUT2D eigenvalue weighted by molar-refractivity contribution is -0.135. The van der Waals surface area contributed by atoms with Crippen molar-refractivity contribution in [3.05, 3.63) is 64.1 Å².